The molecule has 70 valence electrons. The van der Waals surface area contributed by atoms with Gasteiger partial charge in [0, 0.05) is 12.7 Å². The standard InChI is InChI=1S/C9H9Cl2NO/c1-2-3-4-12-6-7(10)5-8(11)9(12)13/h2,5-6H,1,3-4H2. The highest BCUT2D eigenvalue weighted by Crippen LogP contribution is 2.11. The molecule has 0 aliphatic heterocycles. The van der Waals surface area contributed by atoms with Crippen LogP contribution in [0.15, 0.2) is 29.7 Å². The molecule has 0 fully saturated rings. The fraction of sp³-hybridized carbons (Fsp3) is 0.222. The number of aryl methyl sites for hydroxylation is 1. The third-order valence-electron chi connectivity index (χ3n) is 1.58. The molecule has 0 amide bonds. The summed E-state index contributed by atoms with van der Waals surface area (Å²) in [6.07, 6.45) is 4.02. The number of hydrogen-bond acceptors (Lipinski definition) is 1. The zero-order valence-corrected chi connectivity index (χ0v) is 8.48. The maximum absolute atomic E-state index is 11.4. The monoisotopic (exact) mass is 217 g/mol. The van der Waals surface area contributed by atoms with Gasteiger partial charge in [-0.3, -0.25) is 4.79 Å². The summed E-state index contributed by atoms with van der Waals surface area (Å²) in [5.74, 6) is 0. The van der Waals surface area contributed by atoms with Crippen molar-refractivity contribution in [1.82, 2.24) is 4.57 Å². The van der Waals surface area contributed by atoms with Crippen LogP contribution in [0.5, 0.6) is 0 Å². The van der Waals surface area contributed by atoms with Crippen molar-refractivity contribution in [2.24, 2.45) is 0 Å². The highest BCUT2D eigenvalue weighted by molar-refractivity contribution is 6.34. The molecule has 0 radical (unpaired) electrons. The molecule has 0 aliphatic rings. The van der Waals surface area contributed by atoms with E-state index in [0.29, 0.717) is 11.6 Å². The molecule has 0 N–H and O–H groups in total. The van der Waals surface area contributed by atoms with E-state index >= 15 is 0 Å². The quantitative estimate of drug-likeness (QED) is 0.715. The summed E-state index contributed by atoms with van der Waals surface area (Å²) in [4.78, 5) is 11.4. The fourth-order valence-corrected chi connectivity index (χ4v) is 1.47. The largest absolute Gasteiger partial charge is 0.312 e. The molecule has 1 rings (SSSR count). The van der Waals surface area contributed by atoms with E-state index in [9.17, 15) is 4.79 Å². The van der Waals surface area contributed by atoms with Crippen LogP contribution in [0.3, 0.4) is 0 Å². The Morgan fingerprint density at radius 2 is 2.23 bits per heavy atom. The van der Waals surface area contributed by atoms with Crippen molar-refractivity contribution in [3.63, 3.8) is 0 Å². The Hall–Kier alpha value is -0.730. The summed E-state index contributed by atoms with van der Waals surface area (Å²) < 4.78 is 1.48. The van der Waals surface area contributed by atoms with E-state index in [1.54, 1.807) is 12.3 Å². The number of pyridine rings is 1. The molecule has 0 saturated heterocycles. The first-order valence-electron chi connectivity index (χ1n) is 3.81. The Kier molecular flexibility index (Phi) is 3.58. The Morgan fingerprint density at radius 1 is 1.54 bits per heavy atom. The van der Waals surface area contributed by atoms with Crippen molar-refractivity contribution in [3.8, 4) is 0 Å². The average molecular weight is 218 g/mol. The lowest BCUT2D eigenvalue weighted by molar-refractivity contribution is 0.682. The first-order valence-corrected chi connectivity index (χ1v) is 4.57. The second-order valence-corrected chi connectivity index (χ2v) is 3.43. The van der Waals surface area contributed by atoms with Crippen molar-refractivity contribution in [2.75, 3.05) is 0 Å². The number of nitrogens with zero attached hydrogens (tertiary/aromatic N) is 1. The Balaban J connectivity index is 3.05. The number of hydrogen-bond donors (Lipinski definition) is 0. The van der Waals surface area contributed by atoms with Crippen LogP contribution in [0.25, 0.3) is 0 Å². The van der Waals surface area contributed by atoms with Gasteiger partial charge in [0.15, 0.2) is 0 Å². The third-order valence-corrected chi connectivity index (χ3v) is 2.06. The maximum atomic E-state index is 11.4. The molecule has 1 heterocycles. The van der Waals surface area contributed by atoms with Crippen LogP contribution in [0.2, 0.25) is 10.0 Å². The minimum atomic E-state index is -0.215. The van der Waals surface area contributed by atoms with Crippen LogP contribution in [-0.2, 0) is 6.54 Å². The summed E-state index contributed by atoms with van der Waals surface area (Å²) in [7, 11) is 0. The van der Waals surface area contributed by atoms with Gasteiger partial charge in [-0.15, -0.1) is 6.58 Å². The van der Waals surface area contributed by atoms with Crippen LogP contribution >= 0.6 is 23.2 Å². The zero-order valence-electron chi connectivity index (χ0n) is 6.96. The lowest BCUT2D eigenvalue weighted by Gasteiger charge is -2.04. The average Bonchev–Trinajstić information content (AvgIpc) is 2.09. The summed E-state index contributed by atoms with van der Waals surface area (Å²) in [6, 6.07) is 1.44. The van der Waals surface area contributed by atoms with E-state index in [2.05, 4.69) is 6.58 Å². The van der Waals surface area contributed by atoms with Gasteiger partial charge in [-0.1, -0.05) is 29.3 Å². The molecule has 1 aromatic rings. The first-order chi connectivity index (χ1) is 6.15. The fourth-order valence-electron chi connectivity index (χ4n) is 0.961. The van der Waals surface area contributed by atoms with Gasteiger partial charge in [0.2, 0.25) is 0 Å². The molecule has 0 atom stereocenters. The van der Waals surface area contributed by atoms with E-state index < -0.39 is 0 Å². The second kappa shape index (κ2) is 4.49. The second-order valence-electron chi connectivity index (χ2n) is 2.58. The van der Waals surface area contributed by atoms with E-state index in [-0.39, 0.29) is 10.6 Å². The summed E-state index contributed by atoms with van der Waals surface area (Å²) in [5, 5.41) is 0.616. The van der Waals surface area contributed by atoms with Crippen LogP contribution in [0, 0.1) is 0 Å². The zero-order chi connectivity index (χ0) is 9.84. The minimum absolute atomic E-state index is 0.150. The van der Waals surface area contributed by atoms with Gasteiger partial charge < -0.3 is 4.57 Å². The Morgan fingerprint density at radius 3 is 2.85 bits per heavy atom. The van der Waals surface area contributed by atoms with E-state index in [1.165, 1.54) is 10.6 Å². The summed E-state index contributed by atoms with van der Waals surface area (Å²) in [5.41, 5.74) is -0.215. The SMILES string of the molecule is C=CCCn1cc(Cl)cc(Cl)c1=O. The molecular weight excluding hydrogens is 209 g/mol. The highest BCUT2D eigenvalue weighted by Gasteiger charge is 2.02. The van der Waals surface area contributed by atoms with E-state index in [0.717, 1.165) is 6.42 Å². The van der Waals surface area contributed by atoms with Crippen LogP contribution < -0.4 is 5.56 Å². The molecule has 0 aromatic carbocycles. The smallest absolute Gasteiger partial charge is 0.269 e. The van der Waals surface area contributed by atoms with Crippen LogP contribution in [0.1, 0.15) is 6.42 Å². The maximum Gasteiger partial charge on any atom is 0.269 e. The molecule has 0 aliphatic carbocycles. The molecule has 0 unspecified atom stereocenters. The normalized spacial score (nSPS) is 10.0. The van der Waals surface area contributed by atoms with Crippen molar-refractivity contribution in [3.05, 3.63) is 45.3 Å². The molecule has 2 nitrogen and oxygen atoms in total. The molecule has 0 spiro atoms. The highest BCUT2D eigenvalue weighted by atomic mass is 35.5. The van der Waals surface area contributed by atoms with Gasteiger partial charge >= 0.3 is 0 Å². The molecule has 13 heavy (non-hydrogen) atoms. The minimum Gasteiger partial charge on any atom is -0.312 e. The molecule has 4 heteroatoms. The topological polar surface area (TPSA) is 22.0 Å². The van der Waals surface area contributed by atoms with E-state index in [1.807, 2.05) is 0 Å². The van der Waals surface area contributed by atoms with Gasteiger partial charge in [-0.25, -0.2) is 0 Å². The Bertz CT molecular complexity index is 370. The summed E-state index contributed by atoms with van der Waals surface area (Å²) in [6.45, 7) is 4.13. The van der Waals surface area contributed by atoms with Gasteiger partial charge in [0.1, 0.15) is 5.02 Å². The van der Waals surface area contributed by atoms with Crippen LogP contribution in [0.4, 0.5) is 0 Å². The van der Waals surface area contributed by atoms with Gasteiger partial charge in [0.25, 0.3) is 5.56 Å². The number of allylic oxidation sites excluding steroid dienone is 1. The third kappa shape index (κ3) is 2.61. The molecule has 1 aromatic heterocycles. The van der Waals surface area contributed by atoms with Gasteiger partial charge in [-0.05, 0) is 12.5 Å². The lowest BCUT2D eigenvalue weighted by Crippen LogP contribution is -2.19. The van der Waals surface area contributed by atoms with E-state index in [4.69, 9.17) is 23.2 Å². The molecule has 0 saturated carbocycles. The molecular formula is C9H9Cl2NO. The van der Waals surface area contributed by atoms with Gasteiger partial charge in [-0.2, -0.15) is 0 Å². The van der Waals surface area contributed by atoms with Gasteiger partial charge in [0.05, 0.1) is 5.02 Å². The van der Waals surface area contributed by atoms with Crippen molar-refractivity contribution in [1.29, 1.82) is 0 Å². The predicted molar refractivity (Wildman–Crippen MR) is 55.5 cm³/mol. The number of rotatable bonds is 3. The number of aromatic nitrogens is 1. The molecule has 0 bridgehead atoms. The van der Waals surface area contributed by atoms with Crippen molar-refractivity contribution in [2.45, 2.75) is 13.0 Å². The van der Waals surface area contributed by atoms with Crippen molar-refractivity contribution >= 4 is 23.2 Å². The number of halogens is 2. The van der Waals surface area contributed by atoms with Crippen molar-refractivity contribution < 1.29 is 0 Å². The lowest BCUT2D eigenvalue weighted by atomic mass is 10.4. The Labute approximate surface area is 86.4 Å². The van der Waals surface area contributed by atoms with Crippen LogP contribution in [-0.4, -0.2) is 4.57 Å². The first kappa shape index (κ1) is 10.4. The summed E-state index contributed by atoms with van der Waals surface area (Å²) >= 11 is 11.4. The predicted octanol–water partition coefficient (Wildman–Crippen LogP) is 2.73.